The molecule has 23 heavy (non-hydrogen) atoms. The van der Waals surface area contributed by atoms with Crippen molar-refractivity contribution in [1.29, 1.82) is 5.26 Å². The monoisotopic (exact) mass is 445 g/mol. The Labute approximate surface area is 149 Å². The molecular weight excluding hydrogens is 434 g/mol. The van der Waals surface area contributed by atoms with Crippen LogP contribution in [0.15, 0.2) is 26.2 Å². The number of halogens is 2. The van der Waals surface area contributed by atoms with Crippen LogP contribution in [0.4, 0.5) is 0 Å². The predicted molar refractivity (Wildman–Crippen MR) is 89.9 cm³/mol. The summed E-state index contributed by atoms with van der Waals surface area (Å²) in [6.07, 6.45) is 1.16. The molecule has 0 heterocycles. The molecular formula is C14H13Br2N3O4. The fourth-order valence-electron chi connectivity index (χ4n) is 1.42. The number of carbonyl (C=O) groups is 2. The average molecular weight is 447 g/mol. The average Bonchev–Trinajstić information content (AvgIpc) is 2.47. The first kappa shape index (κ1) is 19.1. The number of rotatable bonds is 7. The molecule has 0 spiro atoms. The molecule has 122 valence electrons. The lowest BCUT2D eigenvalue weighted by Gasteiger charge is -2.10. The minimum Gasteiger partial charge on any atom is -0.480 e. The Kier molecular flexibility index (Phi) is 8.29. The van der Waals surface area contributed by atoms with E-state index in [4.69, 9.17) is 14.7 Å². The number of hydrogen-bond acceptors (Lipinski definition) is 6. The van der Waals surface area contributed by atoms with Gasteiger partial charge in [-0.15, -0.1) is 0 Å². The molecule has 0 aliphatic carbocycles. The van der Waals surface area contributed by atoms with Crippen molar-refractivity contribution < 1.29 is 19.1 Å². The van der Waals surface area contributed by atoms with E-state index in [1.165, 1.54) is 6.21 Å². The third kappa shape index (κ3) is 6.80. The molecule has 0 saturated heterocycles. The maximum atomic E-state index is 11.3. The van der Waals surface area contributed by atoms with Crippen molar-refractivity contribution in [2.24, 2.45) is 5.10 Å². The number of nitrogens with zero attached hydrogens (tertiary/aromatic N) is 2. The van der Waals surface area contributed by atoms with E-state index in [-0.39, 0.29) is 19.6 Å². The summed E-state index contributed by atoms with van der Waals surface area (Å²) in [5.41, 5.74) is 2.90. The lowest BCUT2D eigenvalue weighted by molar-refractivity contribution is -0.145. The van der Waals surface area contributed by atoms with Crippen molar-refractivity contribution in [2.75, 3.05) is 13.2 Å². The Morgan fingerprint density at radius 3 is 2.61 bits per heavy atom. The van der Waals surface area contributed by atoms with Crippen LogP contribution in [0.3, 0.4) is 0 Å². The Bertz CT molecular complexity index is 633. The second-order valence-electron chi connectivity index (χ2n) is 4.04. The van der Waals surface area contributed by atoms with Crippen molar-refractivity contribution >= 4 is 50.0 Å². The summed E-state index contributed by atoms with van der Waals surface area (Å²) >= 11 is 6.67. The van der Waals surface area contributed by atoms with Gasteiger partial charge in [-0.3, -0.25) is 4.79 Å². The molecule has 7 nitrogen and oxygen atoms in total. The quantitative estimate of drug-likeness (QED) is 0.394. The number of hydrogen-bond donors (Lipinski definition) is 1. The summed E-state index contributed by atoms with van der Waals surface area (Å²) in [6.45, 7) is 1.80. The number of ether oxygens (including phenoxy) is 2. The fourth-order valence-corrected chi connectivity index (χ4v) is 2.87. The minimum absolute atomic E-state index is 0.206. The van der Waals surface area contributed by atoms with Crippen LogP contribution in [0.5, 0.6) is 5.75 Å². The summed E-state index contributed by atoms with van der Waals surface area (Å²) in [4.78, 5) is 22.4. The zero-order valence-corrected chi connectivity index (χ0v) is 15.3. The smallest absolute Gasteiger partial charge is 0.344 e. The molecule has 0 fully saturated rings. The maximum absolute atomic E-state index is 11.3. The molecule has 0 bridgehead atoms. The summed E-state index contributed by atoms with van der Waals surface area (Å²) < 4.78 is 11.4. The lowest BCUT2D eigenvalue weighted by atomic mass is 10.2. The predicted octanol–water partition coefficient (Wildman–Crippen LogP) is 2.52. The molecule has 1 rings (SSSR count). The van der Waals surface area contributed by atoms with Gasteiger partial charge in [-0.2, -0.15) is 10.4 Å². The molecule has 1 aromatic rings. The standard InChI is InChI=1S/C14H13Br2N3O4/c1-2-22-13(21)8-23-14-10(15)5-9(6-11(14)16)7-18-19-12(20)3-4-17/h5-7H,2-3,8H2,1H3,(H,19,20)/b18-7-. The molecule has 0 unspecified atom stereocenters. The molecule has 0 radical (unpaired) electrons. The highest BCUT2D eigenvalue weighted by Crippen LogP contribution is 2.34. The fraction of sp³-hybridized carbons (Fsp3) is 0.286. The van der Waals surface area contributed by atoms with Gasteiger partial charge in [-0.05, 0) is 56.5 Å². The molecule has 1 aromatic carbocycles. The van der Waals surface area contributed by atoms with Crippen LogP contribution in [0.2, 0.25) is 0 Å². The van der Waals surface area contributed by atoms with E-state index >= 15 is 0 Å². The van der Waals surface area contributed by atoms with Crippen molar-refractivity contribution in [1.82, 2.24) is 5.43 Å². The number of nitriles is 1. The number of benzene rings is 1. The van der Waals surface area contributed by atoms with E-state index in [1.54, 1.807) is 25.1 Å². The number of nitrogens with one attached hydrogen (secondary N) is 1. The van der Waals surface area contributed by atoms with Gasteiger partial charge in [0.05, 0.1) is 27.8 Å². The number of amides is 1. The van der Waals surface area contributed by atoms with Gasteiger partial charge in [-0.1, -0.05) is 0 Å². The van der Waals surface area contributed by atoms with Crippen molar-refractivity contribution in [2.45, 2.75) is 13.3 Å². The summed E-state index contributed by atoms with van der Waals surface area (Å²) in [7, 11) is 0. The van der Waals surface area contributed by atoms with Crippen molar-refractivity contribution in [3.05, 3.63) is 26.6 Å². The Morgan fingerprint density at radius 2 is 2.04 bits per heavy atom. The van der Waals surface area contributed by atoms with Gasteiger partial charge in [0, 0.05) is 0 Å². The van der Waals surface area contributed by atoms with Crippen molar-refractivity contribution in [3.8, 4) is 11.8 Å². The molecule has 0 atom stereocenters. The Balaban J connectivity index is 2.73. The van der Waals surface area contributed by atoms with E-state index < -0.39 is 11.9 Å². The third-order valence-electron chi connectivity index (χ3n) is 2.30. The van der Waals surface area contributed by atoms with Crippen molar-refractivity contribution in [3.63, 3.8) is 0 Å². The van der Waals surface area contributed by atoms with Gasteiger partial charge in [0.25, 0.3) is 5.91 Å². The first-order valence-electron chi connectivity index (χ1n) is 6.44. The molecule has 0 aliphatic heterocycles. The second kappa shape index (κ2) is 9.97. The van der Waals surface area contributed by atoms with Gasteiger partial charge in [-0.25, -0.2) is 10.2 Å². The molecule has 0 saturated carbocycles. The van der Waals surface area contributed by atoms with Crippen LogP contribution < -0.4 is 10.2 Å². The van der Waals surface area contributed by atoms with Gasteiger partial charge in [0.2, 0.25) is 0 Å². The zero-order chi connectivity index (χ0) is 17.2. The number of esters is 1. The van der Waals surface area contributed by atoms with Crippen LogP contribution >= 0.6 is 31.9 Å². The highest BCUT2D eigenvalue weighted by atomic mass is 79.9. The first-order valence-corrected chi connectivity index (χ1v) is 8.02. The van der Waals surface area contributed by atoms with Gasteiger partial charge in [0.1, 0.15) is 12.2 Å². The zero-order valence-electron chi connectivity index (χ0n) is 12.1. The Morgan fingerprint density at radius 1 is 1.39 bits per heavy atom. The summed E-state index contributed by atoms with van der Waals surface area (Å²) in [6, 6.07) is 5.12. The van der Waals surface area contributed by atoms with Gasteiger partial charge in [0.15, 0.2) is 6.61 Å². The van der Waals surface area contributed by atoms with Crippen LogP contribution in [0.25, 0.3) is 0 Å². The van der Waals surface area contributed by atoms with E-state index in [2.05, 4.69) is 42.4 Å². The number of hydrazone groups is 1. The van der Waals surface area contributed by atoms with Crippen LogP contribution in [0, 0.1) is 11.3 Å². The third-order valence-corrected chi connectivity index (χ3v) is 3.48. The summed E-state index contributed by atoms with van der Waals surface area (Å²) in [5.74, 6) is -0.503. The molecule has 9 heteroatoms. The minimum atomic E-state index is -0.490. The van der Waals surface area contributed by atoms with Crippen LogP contribution in [0.1, 0.15) is 18.9 Å². The van der Waals surface area contributed by atoms with Gasteiger partial charge < -0.3 is 9.47 Å². The molecule has 1 N–H and O–H groups in total. The topological polar surface area (TPSA) is 101 Å². The maximum Gasteiger partial charge on any atom is 0.344 e. The van der Waals surface area contributed by atoms with Gasteiger partial charge >= 0.3 is 5.97 Å². The van der Waals surface area contributed by atoms with E-state index in [0.717, 1.165) is 0 Å². The summed E-state index contributed by atoms with van der Waals surface area (Å²) in [5, 5.41) is 12.1. The second-order valence-corrected chi connectivity index (χ2v) is 5.74. The van der Waals surface area contributed by atoms with E-state index in [9.17, 15) is 9.59 Å². The van der Waals surface area contributed by atoms with Crippen LogP contribution in [-0.4, -0.2) is 31.3 Å². The largest absolute Gasteiger partial charge is 0.480 e. The lowest BCUT2D eigenvalue weighted by Crippen LogP contribution is -2.16. The highest BCUT2D eigenvalue weighted by molar-refractivity contribution is 9.11. The van der Waals surface area contributed by atoms with E-state index in [1.807, 2.05) is 0 Å². The molecule has 0 aliphatic rings. The Hall–Kier alpha value is -1.92. The molecule has 0 aromatic heterocycles. The SMILES string of the molecule is CCOC(=O)COc1c(Br)cc(/C=N\NC(=O)CC#N)cc1Br. The molecule has 1 amide bonds. The normalized spacial score (nSPS) is 10.2. The number of carbonyl (C=O) groups excluding carboxylic acids is 2. The highest BCUT2D eigenvalue weighted by Gasteiger charge is 2.11. The van der Waals surface area contributed by atoms with E-state index in [0.29, 0.717) is 20.3 Å². The van der Waals surface area contributed by atoms with Crippen LogP contribution in [-0.2, 0) is 14.3 Å². The first-order chi connectivity index (χ1) is 11.0.